The lowest BCUT2D eigenvalue weighted by atomic mass is 10.1. The van der Waals surface area contributed by atoms with Crippen molar-refractivity contribution in [1.82, 2.24) is 10.9 Å². The van der Waals surface area contributed by atoms with Crippen LogP contribution in [0.5, 0.6) is 0 Å². The summed E-state index contributed by atoms with van der Waals surface area (Å²) in [6.07, 6.45) is -8.93. The molecule has 2 rings (SSSR count). The quantitative estimate of drug-likeness (QED) is 0.463. The van der Waals surface area contributed by atoms with E-state index in [1.807, 2.05) is 5.43 Å². The van der Waals surface area contributed by atoms with Gasteiger partial charge in [0.25, 0.3) is 0 Å². The van der Waals surface area contributed by atoms with E-state index < -0.39 is 46.2 Å². The zero-order valence-electron chi connectivity index (χ0n) is 16.2. The smallest absolute Gasteiger partial charge is 0.283 e. The lowest BCUT2D eigenvalue weighted by Crippen LogP contribution is -2.44. The number of alkyl halides is 6. The van der Waals surface area contributed by atoms with Crippen molar-refractivity contribution in [1.29, 1.82) is 0 Å². The monoisotopic (exact) mass is 487 g/mol. The first-order valence-electron chi connectivity index (χ1n) is 8.61. The van der Waals surface area contributed by atoms with Crippen LogP contribution in [0, 0.1) is 5.82 Å². The summed E-state index contributed by atoms with van der Waals surface area (Å²) in [6.45, 7) is -0.914. The second-order valence-electron chi connectivity index (χ2n) is 6.55. The van der Waals surface area contributed by atoms with Crippen molar-refractivity contribution in [2.24, 2.45) is 0 Å². The molecule has 2 aromatic carbocycles. The molecule has 1 amide bonds. The molecule has 0 radical (unpaired) electrons. The number of amides is 1. The lowest BCUT2D eigenvalue weighted by Gasteiger charge is -2.23. The summed E-state index contributed by atoms with van der Waals surface area (Å²) in [4.78, 5) is 10.7. The minimum Gasteiger partial charge on any atom is -0.283 e. The Balaban J connectivity index is 2.16. The van der Waals surface area contributed by atoms with Crippen LogP contribution in [0.4, 0.5) is 36.4 Å². The predicted molar refractivity (Wildman–Crippen MR) is 99.9 cm³/mol. The number of anilines is 1. The molecule has 0 atom stereocenters. The second-order valence-corrected chi connectivity index (χ2v) is 8.45. The van der Waals surface area contributed by atoms with Crippen LogP contribution in [0.3, 0.4) is 0 Å². The minimum atomic E-state index is -5.10. The van der Waals surface area contributed by atoms with Crippen molar-refractivity contribution in [3.8, 4) is 0 Å². The van der Waals surface area contributed by atoms with Gasteiger partial charge in [0.2, 0.25) is 10.0 Å². The van der Waals surface area contributed by atoms with Crippen LogP contribution in [0.1, 0.15) is 16.7 Å². The molecule has 0 aliphatic rings. The number of sulfonamides is 1. The Bertz CT molecular complexity index is 1070. The fourth-order valence-electron chi connectivity index (χ4n) is 2.50. The van der Waals surface area contributed by atoms with Gasteiger partial charge in [0.05, 0.1) is 24.1 Å². The topological polar surface area (TPSA) is 78.5 Å². The minimum absolute atomic E-state index is 0.125. The number of nitrogens with one attached hydrogen (secondary N) is 2. The molecule has 0 bridgehead atoms. The first kappa shape index (κ1) is 25.4. The highest BCUT2D eigenvalue weighted by atomic mass is 32.2. The maximum absolute atomic E-state index is 14.4. The fourth-order valence-corrected chi connectivity index (χ4v) is 3.38. The van der Waals surface area contributed by atoms with Gasteiger partial charge in [-0.2, -0.15) is 26.3 Å². The predicted octanol–water partition coefficient (Wildman–Crippen LogP) is 3.49. The second kappa shape index (κ2) is 9.32. The molecular formula is C18H16F7N3O3S. The van der Waals surface area contributed by atoms with Gasteiger partial charge in [-0.3, -0.25) is 14.5 Å². The van der Waals surface area contributed by atoms with Crippen LogP contribution in [-0.4, -0.2) is 26.8 Å². The van der Waals surface area contributed by atoms with Crippen LogP contribution >= 0.6 is 0 Å². The number of hydrogen-bond acceptors (Lipinski definition) is 4. The first-order valence-corrected chi connectivity index (χ1v) is 10.5. The fraction of sp³-hybridized carbons (Fsp3) is 0.278. The molecule has 0 fully saturated rings. The Labute approximate surface area is 178 Å². The molecular weight excluding hydrogens is 471 g/mol. The highest BCUT2D eigenvalue weighted by Crippen LogP contribution is 2.31. The van der Waals surface area contributed by atoms with Gasteiger partial charge in [-0.1, -0.05) is 12.1 Å². The summed E-state index contributed by atoms with van der Waals surface area (Å²) in [5.41, 5.74) is 2.25. The number of carbonyl (C=O) groups is 1. The van der Waals surface area contributed by atoms with Crippen molar-refractivity contribution in [2.75, 3.05) is 10.6 Å². The molecule has 0 heterocycles. The number of halogens is 7. The van der Waals surface area contributed by atoms with Crippen LogP contribution in [0.15, 0.2) is 42.5 Å². The molecule has 2 N–H and O–H groups in total. The third-order valence-electron chi connectivity index (χ3n) is 4.07. The average molecular weight is 487 g/mol. The Kier molecular flexibility index (Phi) is 7.40. The first-order chi connectivity index (χ1) is 14.6. The summed E-state index contributed by atoms with van der Waals surface area (Å²) >= 11 is 0. The summed E-state index contributed by atoms with van der Waals surface area (Å²) in [5.74, 6) is -3.15. The largest absolute Gasteiger partial charge is 0.472 e. The molecule has 0 aromatic heterocycles. The molecule has 0 saturated carbocycles. The number of benzene rings is 2. The third-order valence-corrected chi connectivity index (χ3v) is 5.21. The van der Waals surface area contributed by atoms with E-state index in [4.69, 9.17) is 0 Å². The van der Waals surface area contributed by atoms with Gasteiger partial charge in [-0.25, -0.2) is 18.2 Å². The number of hydrazine groups is 1. The van der Waals surface area contributed by atoms with E-state index in [0.717, 1.165) is 24.5 Å². The zero-order chi connectivity index (χ0) is 24.3. The van der Waals surface area contributed by atoms with Gasteiger partial charge in [0.1, 0.15) is 5.82 Å². The highest BCUT2D eigenvalue weighted by molar-refractivity contribution is 7.92. The summed E-state index contributed by atoms with van der Waals surface area (Å²) in [5, 5.41) is 0. The molecule has 0 aliphatic carbocycles. The number of rotatable bonds is 7. The maximum atomic E-state index is 14.4. The zero-order valence-corrected chi connectivity index (χ0v) is 17.0. The van der Waals surface area contributed by atoms with E-state index >= 15 is 0 Å². The van der Waals surface area contributed by atoms with Gasteiger partial charge in [-0.15, -0.1) is 0 Å². The van der Waals surface area contributed by atoms with Crippen LogP contribution in [-0.2, 0) is 34.1 Å². The van der Waals surface area contributed by atoms with E-state index in [0.29, 0.717) is 16.4 Å². The van der Waals surface area contributed by atoms with Crippen molar-refractivity contribution in [2.45, 2.75) is 25.4 Å². The standard InChI is InChI=1S/C18H16F7N3O3S/c1-32(30,31)28(14-6-4-13(5-7-14)17(20,21)22)10-12-3-2-11(8-15(12)19)9-26-27-16(29)18(23,24)25/h2-8,26H,9-10H2,1H3,(H,27,29). The molecule has 6 nitrogen and oxygen atoms in total. The van der Waals surface area contributed by atoms with Crippen molar-refractivity contribution < 1.29 is 43.9 Å². The molecule has 0 unspecified atom stereocenters. The van der Waals surface area contributed by atoms with E-state index in [2.05, 4.69) is 0 Å². The molecule has 14 heteroatoms. The van der Waals surface area contributed by atoms with Gasteiger partial charge in [0.15, 0.2) is 0 Å². The highest BCUT2D eigenvalue weighted by Gasteiger charge is 2.38. The normalized spacial score (nSPS) is 12.5. The Morgan fingerprint density at radius 1 is 1.00 bits per heavy atom. The molecule has 32 heavy (non-hydrogen) atoms. The van der Waals surface area contributed by atoms with Crippen molar-refractivity contribution in [3.05, 3.63) is 65.0 Å². The van der Waals surface area contributed by atoms with Crippen molar-refractivity contribution >= 4 is 21.6 Å². The van der Waals surface area contributed by atoms with Gasteiger partial charge >= 0.3 is 18.3 Å². The van der Waals surface area contributed by atoms with E-state index in [-0.39, 0.29) is 23.4 Å². The summed E-state index contributed by atoms with van der Waals surface area (Å²) in [6, 6.07) is 6.60. The average Bonchev–Trinajstić information content (AvgIpc) is 2.65. The molecule has 176 valence electrons. The SMILES string of the molecule is CS(=O)(=O)N(Cc1ccc(CNNC(=O)C(F)(F)F)cc1F)c1ccc(C(F)(F)F)cc1. The van der Waals surface area contributed by atoms with Crippen molar-refractivity contribution in [3.63, 3.8) is 0 Å². The van der Waals surface area contributed by atoms with E-state index in [9.17, 15) is 43.9 Å². The Morgan fingerprint density at radius 2 is 1.59 bits per heavy atom. The summed E-state index contributed by atoms with van der Waals surface area (Å²) < 4.78 is 114. The van der Waals surface area contributed by atoms with Crippen LogP contribution < -0.4 is 15.2 Å². The molecule has 2 aromatic rings. The van der Waals surface area contributed by atoms with Crippen LogP contribution in [0.2, 0.25) is 0 Å². The number of carbonyl (C=O) groups excluding carboxylic acids is 1. The summed E-state index contributed by atoms with van der Waals surface area (Å²) in [7, 11) is -4.01. The van der Waals surface area contributed by atoms with Crippen LogP contribution in [0.25, 0.3) is 0 Å². The maximum Gasteiger partial charge on any atom is 0.472 e. The van der Waals surface area contributed by atoms with Gasteiger partial charge < -0.3 is 0 Å². The molecule has 0 spiro atoms. The van der Waals surface area contributed by atoms with Gasteiger partial charge in [-0.05, 0) is 35.9 Å². The van der Waals surface area contributed by atoms with E-state index in [1.165, 1.54) is 17.6 Å². The Morgan fingerprint density at radius 3 is 2.06 bits per heavy atom. The number of hydrogen-bond donors (Lipinski definition) is 2. The Hall–Kier alpha value is -2.87. The lowest BCUT2D eigenvalue weighted by molar-refractivity contribution is -0.174. The molecule has 0 saturated heterocycles. The van der Waals surface area contributed by atoms with Gasteiger partial charge in [0, 0.05) is 12.1 Å². The number of nitrogens with zero attached hydrogens (tertiary/aromatic N) is 1. The molecule has 0 aliphatic heterocycles. The third kappa shape index (κ3) is 6.82. The van der Waals surface area contributed by atoms with E-state index in [1.54, 1.807) is 0 Å².